The number of hydrogen-bond donors (Lipinski definition) is 1. The van der Waals surface area contributed by atoms with Gasteiger partial charge in [-0.1, -0.05) is 42.2 Å². The lowest BCUT2D eigenvalue weighted by Crippen LogP contribution is -2.27. The maximum absolute atomic E-state index is 12.6. The summed E-state index contributed by atoms with van der Waals surface area (Å²) in [6, 6.07) is 14.3. The van der Waals surface area contributed by atoms with Gasteiger partial charge in [-0.15, -0.1) is 0 Å². The van der Waals surface area contributed by atoms with Crippen LogP contribution < -0.4 is 9.64 Å². The molecule has 1 heterocycles. The van der Waals surface area contributed by atoms with Crippen LogP contribution in [-0.2, 0) is 4.79 Å². The minimum Gasteiger partial charge on any atom is -0.507 e. The molecular formula is C18H15NO3S2. The largest absolute Gasteiger partial charge is 0.507 e. The van der Waals surface area contributed by atoms with E-state index in [2.05, 4.69) is 0 Å². The van der Waals surface area contributed by atoms with E-state index in [-0.39, 0.29) is 11.7 Å². The number of benzene rings is 2. The quantitative estimate of drug-likeness (QED) is 0.657. The maximum atomic E-state index is 12.6. The Hall–Kier alpha value is -2.31. The highest BCUT2D eigenvalue weighted by molar-refractivity contribution is 8.27. The average molecular weight is 357 g/mol. The fraction of sp³-hybridized carbons (Fsp3) is 0.111. The van der Waals surface area contributed by atoms with Gasteiger partial charge in [0.05, 0.1) is 17.2 Å². The van der Waals surface area contributed by atoms with Crippen LogP contribution in [0.4, 0.5) is 5.69 Å². The van der Waals surface area contributed by atoms with Gasteiger partial charge in [-0.3, -0.25) is 9.69 Å². The van der Waals surface area contributed by atoms with E-state index in [1.165, 1.54) is 22.7 Å². The van der Waals surface area contributed by atoms with Gasteiger partial charge >= 0.3 is 0 Å². The fourth-order valence-corrected chi connectivity index (χ4v) is 3.60. The normalized spacial score (nSPS) is 16.0. The Morgan fingerprint density at radius 2 is 2.00 bits per heavy atom. The van der Waals surface area contributed by atoms with Crippen molar-refractivity contribution in [2.75, 3.05) is 11.5 Å². The number of aromatic hydroxyl groups is 1. The molecule has 0 aromatic heterocycles. The number of rotatable bonds is 4. The molecule has 0 spiro atoms. The van der Waals surface area contributed by atoms with Gasteiger partial charge in [0.2, 0.25) is 0 Å². The Labute approximate surface area is 149 Å². The summed E-state index contributed by atoms with van der Waals surface area (Å²) in [7, 11) is 0. The average Bonchev–Trinajstić information content (AvgIpc) is 2.85. The number of carbonyl (C=O) groups is 1. The molecule has 0 saturated carbocycles. The summed E-state index contributed by atoms with van der Waals surface area (Å²) >= 11 is 6.55. The van der Waals surface area contributed by atoms with Crippen LogP contribution in [0.1, 0.15) is 12.5 Å². The first kappa shape index (κ1) is 16.5. The van der Waals surface area contributed by atoms with Crippen LogP contribution in [0.5, 0.6) is 11.5 Å². The number of amides is 1. The van der Waals surface area contributed by atoms with Crippen molar-refractivity contribution in [3.63, 3.8) is 0 Å². The molecule has 2 aromatic rings. The summed E-state index contributed by atoms with van der Waals surface area (Å²) in [5, 5.41) is 10.1. The number of phenols is 1. The second-order valence-corrected chi connectivity index (χ2v) is 6.68. The third-order valence-electron chi connectivity index (χ3n) is 3.41. The first-order valence-corrected chi connectivity index (χ1v) is 8.61. The third-order valence-corrected chi connectivity index (χ3v) is 4.71. The monoisotopic (exact) mass is 357 g/mol. The molecule has 3 rings (SSSR count). The van der Waals surface area contributed by atoms with Crippen molar-refractivity contribution in [1.82, 2.24) is 0 Å². The number of thioether (sulfide) groups is 1. The van der Waals surface area contributed by atoms with Crippen LogP contribution in [0, 0.1) is 0 Å². The Bertz CT molecular complexity index is 818. The van der Waals surface area contributed by atoms with Crippen molar-refractivity contribution in [3.05, 3.63) is 59.0 Å². The number of ether oxygens (including phenoxy) is 1. The number of anilines is 1. The molecule has 122 valence electrons. The molecule has 1 amide bonds. The van der Waals surface area contributed by atoms with E-state index in [1.807, 2.05) is 37.3 Å². The molecule has 0 atom stereocenters. The van der Waals surface area contributed by atoms with Crippen molar-refractivity contribution < 1.29 is 14.6 Å². The molecule has 1 aliphatic rings. The van der Waals surface area contributed by atoms with Crippen molar-refractivity contribution >= 4 is 46.0 Å². The number of carbonyl (C=O) groups excluding carboxylic acids is 1. The van der Waals surface area contributed by atoms with E-state index in [9.17, 15) is 9.90 Å². The smallest absolute Gasteiger partial charge is 0.270 e. The van der Waals surface area contributed by atoms with E-state index in [0.717, 1.165) is 5.69 Å². The zero-order valence-electron chi connectivity index (χ0n) is 12.9. The standard InChI is InChI=1S/C18H15NO3S2/c1-2-22-14-9-8-12(15(20)11-14)10-16-17(21)19(18(23)24-16)13-6-4-3-5-7-13/h3-11,20H,2H2,1H3. The Morgan fingerprint density at radius 1 is 1.25 bits per heavy atom. The highest BCUT2D eigenvalue weighted by Crippen LogP contribution is 2.37. The number of phenolic OH excluding ortho intramolecular Hbond substituents is 1. The zero-order chi connectivity index (χ0) is 17.1. The van der Waals surface area contributed by atoms with E-state index >= 15 is 0 Å². The van der Waals surface area contributed by atoms with Crippen LogP contribution in [0.2, 0.25) is 0 Å². The maximum Gasteiger partial charge on any atom is 0.270 e. The fourth-order valence-electron chi connectivity index (χ4n) is 2.31. The molecular weight excluding hydrogens is 342 g/mol. The molecule has 1 aliphatic heterocycles. The predicted molar refractivity (Wildman–Crippen MR) is 101 cm³/mol. The third kappa shape index (κ3) is 3.29. The van der Waals surface area contributed by atoms with Crippen LogP contribution in [0.25, 0.3) is 6.08 Å². The van der Waals surface area contributed by atoms with Gasteiger partial charge in [-0.2, -0.15) is 0 Å². The van der Waals surface area contributed by atoms with Crippen molar-refractivity contribution in [3.8, 4) is 11.5 Å². The summed E-state index contributed by atoms with van der Waals surface area (Å²) in [6.45, 7) is 2.40. The van der Waals surface area contributed by atoms with E-state index in [0.29, 0.717) is 27.1 Å². The molecule has 0 aliphatic carbocycles. The Balaban J connectivity index is 1.89. The minimum absolute atomic E-state index is 0.0610. The number of nitrogens with zero attached hydrogens (tertiary/aromatic N) is 1. The first-order chi connectivity index (χ1) is 11.6. The number of hydrogen-bond acceptors (Lipinski definition) is 5. The Kier molecular flexibility index (Phi) is 4.87. The molecule has 2 aromatic carbocycles. The zero-order valence-corrected chi connectivity index (χ0v) is 14.6. The summed E-state index contributed by atoms with van der Waals surface area (Å²) in [5.74, 6) is 0.458. The summed E-state index contributed by atoms with van der Waals surface area (Å²) in [5.41, 5.74) is 1.28. The lowest BCUT2D eigenvalue weighted by molar-refractivity contribution is -0.113. The highest BCUT2D eigenvalue weighted by atomic mass is 32.2. The van der Waals surface area contributed by atoms with Gasteiger partial charge in [0, 0.05) is 11.6 Å². The van der Waals surface area contributed by atoms with Crippen LogP contribution >= 0.6 is 24.0 Å². The molecule has 4 nitrogen and oxygen atoms in total. The highest BCUT2D eigenvalue weighted by Gasteiger charge is 2.33. The van der Waals surface area contributed by atoms with Gasteiger partial charge < -0.3 is 9.84 Å². The molecule has 0 unspecified atom stereocenters. The lowest BCUT2D eigenvalue weighted by Gasteiger charge is -2.13. The number of para-hydroxylation sites is 1. The van der Waals surface area contributed by atoms with E-state index in [4.69, 9.17) is 17.0 Å². The predicted octanol–water partition coefficient (Wildman–Crippen LogP) is 4.20. The minimum atomic E-state index is -0.190. The molecule has 0 radical (unpaired) electrons. The second kappa shape index (κ2) is 7.07. The molecule has 1 fully saturated rings. The van der Waals surface area contributed by atoms with E-state index < -0.39 is 0 Å². The summed E-state index contributed by atoms with van der Waals surface area (Å²) in [6.07, 6.45) is 1.65. The molecule has 6 heteroatoms. The van der Waals surface area contributed by atoms with Gasteiger partial charge in [-0.05, 0) is 37.3 Å². The van der Waals surface area contributed by atoms with Gasteiger partial charge in [0.25, 0.3) is 5.91 Å². The molecule has 0 bridgehead atoms. The SMILES string of the molecule is CCOc1ccc(C=C2SC(=S)N(c3ccccc3)C2=O)c(O)c1. The van der Waals surface area contributed by atoms with Crippen LogP contribution in [0.3, 0.4) is 0 Å². The van der Waals surface area contributed by atoms with Gasteiger partial charge in [0.15, 0.2) is 4.32 Å². The topological polar surface area (TPSA) is 49.8 Å². The molecule has 1 N–H and O–H groups in total. The van der Waals surface area contributed by atoms with Crippen LogP contribution in [-0.4, -0.2) is 21.9 Å². The van der Waals surface area contributed by atoms with Gasteiger partial charge in [-0.25, -0.2) is 0 Å². The van der Waals surface area contributed by atoms with Crippen molar-refractivity contribution in [1.29, 1.82) is 0 Å². The lowest BCUT2D eigenvalue weighted by atomic mass is 10.1. The molecule has 24 heavy (non-hydrogen) atoms. The molecule has 1 saturated heterocycles. The number of thiocarbonyl (C=S) groups is 1. The summed E-state index contributed by atoms with van der Waals surface area (Å²) < 4.78 is 5.82. The van der Waals surface area contributed by atoms with Crippen molar-refractivity contribution in [2.45, 2.75) is 6.92 Å². The summed E-state index contributed by atoms with van der Waals surface area (Å²) in [4.78, 5) is 14.6. The van der Waals surface area contributed by atoms with Gasteiger partial charge in [0.1, 0.15) is 11.5 Å². The first-order valence-electron chi connectivity index (χ1n) is 7.39. The second-order valence-electron chi connectivity index (χ2n) is 5.01. The van der Waals surface area contributed by atoms with E-state index in [1.54, 1.807) is 18.2 Å². The van der Waals surface area contributed by atoms with Crippen molar-refractivity contribution in [2.24, 2.45) is 0 Å². The Morgan fingerprint density at radius 3 is 2.67 bits per heavy atom. The van der Waals surface area contributed by atoms with Crippen LogP contribution in [0.15, 0.2) is 53.4 Å².